The fourth-order valence-corrected chi connectivity index (χ4v) is 3.27. The Hall–Kier alpha value is -2.05. The molecule has 0 saturated heterocycles. The molecule has 5 nitrogen and oxygen atoms in total. The minimum absolute atomic E-state index is 0.0405. The van der Waals surface area contributed by atoms with Crippen LogP contribution in [0.1, 0.15) is 16.8 Å². The summed E-state index contributed by atoms with van der Waals surface area (Å²) in [7, 11) is 1.86. The Bertz CT molecular complexity index is 883. The van der Waals surface area contributed by atoms with E-state index in [-0.39, 0.29) is 12.2 Å². The van der Waals surface area contributed by atoms with Crippen molar-refractivity contribution in [3.63, 3.8) is 0 Å². The number of hydrogen-bond donors (Lipinski definition) is 1. The van der Waals surface area contributed by atoms with Crippen molar-refractivity contribution in [2.75, 3.05) is 0 Å². The van der Waals surface area contributed by atoms with Crippen LogP contribution in [-0.2, 0) is 19.4 Å². The summed E-state index contributed by atoms with van der Waals surface area (Å²) in [5, 5.41) is 10.9. The van der Waals surface area contributed by atoms with Crippen molar-refractivity contribution >= 4 is 22.7 Å². The number of aliphatic hydroxyl groups excluding tert-OH is 1. The number of nitrogens with zero attached hydrogens (tertiary/aromatic N) is 2. The molecule has 114 valence electrons. The van der Waals surface area contributed by atoms with E-state index in [1.807, 2.05) is 36.7 Å². The molecule has 0 bridgehead atoms. The molecule has 3 rings (SSSR count). The average molecular weight is 316 g/mol. The van der Waals surface area contributed by atoms with Crippen molar-refractivity contribution < 1.29 is 9.52 Å². The van der Waals surface area contributed by atoms with Gasteiger partial charge in [-0.05, 0) is 24.1 Å². The molecule has 0 spiro atoms. The van der Waals surface area contributed by atoms with Crippen LogP contribution in [0, 0.1) is 6.92 Å². The van der Waals surface area contributed by atoms with E-state index < -0.39 is 0 Å². The molecule has 0 radical (unpaired) electrons. The van der Waals surface area contributed by atoms with E-state index in [1.54, 1.807) is 6.20 Å². The fraction of sp³-hybridized carbons (Fsp3) is 0.250. The number of aliphatic hydroxyl groups is 1. The van der Waals surface area contributed by atoms with Crippen LogP contribution < -0.4 is 5.63 Å². The molecule has 3 aromatic rings. The molecule has 0 aliphatic rings. The van der Waals surface area contributed by atoms with Gasteiger partial charge in [-0.1, -0.05) is 23.9 Å². The molecular formula is C16H16N2O3S. The third-order valence-corrected chi connectivity index (χ3v) is 4.64. The van der Waals surface area contributed by atoms with Crippen LogP contribution in [-0.4, -0.2) is 14.7 Å². The van der Waals surface area contributed by atoms with Gasteiger partial charge in [0, 0.05) is 24.3 Å². The largest absolute Gasteiger partial charge is 0.423 e. The number of hydrogen-bond acceptors (Lipinski definition) is 5. The second-order valence-corrected chi connectivity index (χ2v) is 6.07. The molecule has 2 aromatic heterocycles. The number of aryl methyl sites for hydroxylation is 1. The summed E-state index contributed by atoms with van der Waals surface area (Å²) in [5.41, 5.74) is 3.00. The minimum Gasteiger partial charge on any atom is -0.423 e. The maximum absolute atomic E-state index is 11.7. The van der Waals surface area contributed by atoms with Gasteiger partial charge in [0.15, 0.2) is 5.16 Å². The van der Waals surface area contributed by atoms with Crippen LogP contribution in [0.15, 0.2) is 44.8 Å². The lowest BCUT2D eigenvalue weighted by atomic mass is 10.1. The topological polar surface area (TPSA) is 68.3 Å². The molecule has 1 N–H and O–H groups in total. The first-order valence-corrected chi connectivity index (χ1v) is 7.84. The fourth-order valence-electron chi connectivity index (χ4n) is 2.31. The van der Waals surface area contributed by atoms with Gasteiger partial charge in [0.25, 0.3) is 0 Å². The lowest BCUT2D eigenvalue weighted by Gasteiger charge is -2.07. The molecule has 0 fully saturated rings. The van der Waals surface area contributed by atoms with Crippen LogP contribution in [0.3, 0.4) is 0 Å². The zero-order valence-electron chi connectivity index (χ0n) is 12.4. The predicted molar refractivity (Wildman–Crippen MR) is 85.9 cm³/mol. The monoisotopic (exact) mass is 316 g/mol. The molecule has 0 saturated carbocycles. The Labute approximate surface area is 131 Å². The smallest absolute Gasteiger partial charge is 0.336 e. The SMILES string of the molecule is Cc1ccc2c(CSc3ncc(CO)n3C)cc(=O)oc2c1. The van der Waals surface area contributed by atoms with Crippen molar-refractivity contribution in [1.82, 2.24) is 9.55 Å². The number of aromatic nitrogens is 2. The normalized spacial score (nSPS) is 11.2. The standard InChI is InChI=1S/C16H16N2O3S/c1-10-3-4-13-11(6-15(20)21-14(13)5-10)9-22-16-17-7-12(8-19)18(16)2/h3-7,19H,8-9H2,1-2H3. The zero-order chi connectivity index (χ0) is 15.7. The van der Waals surface area contributed by atoms with Gasteiger partial charge in [0.2, 0.25) is 0 Å². The molecule has 6 heteroatoms. The molecule has 0 atom stereocenters. The Morgan fingerprint density at radius 3 is 2.91 bits per heavy atom. The van der Waals surface area contributed by atoms with Crippen molar-refractivity contribution in [2.45, 2.75) is 24.4 Å². The van der Waals surface area contributed by atoms with E-state index >= 15 is 0 Å². The van der Waals surface area contributed by atoms with Gasteiger partial charge >= 0.3 is 5.63 Å². The molecular weight excluding hydrogens is 300 g/mol. The predicted octanol–water partition coefficient (Wildman–Crippen LogP) is 2.62. The average Bonchev–Trinajstić information content (AvgIpc) is 2.84. The van der Waals surface area contributed by atoms with E-state index in [0.29, 0.717) is 11.3 Å². The molecule has 0 aliphatic heterocycles. The summed E-state index contributed by atoms with van der Waals surface area (Å²) in [6.45, 7) is 1.92. The Kier molecular flexibility index (Phi) is 4.04. The van der Waals surface area contributed by atoms with Crippen molar-refractivity contribution in [3.8, 4) is 0 Å². The number of rotatable bonds is 4. The maximum Gasteiger partial charge on any atom is 0.336 e. The van der Waals surface area contributed by atoms with E-state index in [2.05, 4.69) is 4.98 Å². The number of fused-ring (bicyclic) bond motifs is 1. The number of imidazole rings is 1. The Morgan fingerprint density at radius 1 is 1.36 bits per heavy atom. The maximum atomic E-state index is 11.7. The van der Waals surface area contributed by atoms with Crippen molar-refractivity contribution in [1.29, 1.82) is 0 Å². The summed E-state index contributed by atoms with van der Waals surface area (Å²) in [6.07, 6.45) is 1.66. The first kappa shape index (κ1) is 14.9. The van der Waals surface area contributed by atoms with E-state index in [4.69, 9.17) is 4.42 Å². The summed E-state index contributed by atoms with van der Waals surface area (Å²) in [6, 6.07) is 7.37. The van der Waals surface area contributed by atoms with Crippen LogP contribution in [0.4, 0.5) is 0 Å². The minimum atomic E-state index is -0.343. The third-order valence-electron chi connectivity index (χ3n) is 3.55. The Balaban J connectivity index is 1.93. The summed E-state index contributed by atoms with van der Waals surface area (Å²) >= 11 is 1.52. The molecule has 0 aliphatic carbocycles. The second kappa shape index (κ2) is 5.98. The molecule has 0 amide bonds. The van der Waals surface area contributed by atoms with E-state index in [1.165, 1.54) is 17.8 Å². The zero-order valence-corrected chi connectivity index (χ0v) is 13.2. The van der Waals surface area contributed by atoms with Gasteiger partial charge < -0.3 is 14.1 Å². The highest BCUT2D eigenvalue weighted by Crippen LogP contribution is 2.26. The third kappa shape index (κ3) is 2.80. The lowest BCUT2D eigenvalue weighted by molar-refractivity contribution is 0.271. The number of thioether (sulfide) groups is 1. The Morgan fingerprint density at radius 2 is 2.18 bits per heavy atom. The highest BCUT2D eigenvalue weighted by atomic mass is 32.2. The molecule has 0 unspecified atom stereocenters. The second-order valence-electron chi connectivity index (χ2n) is 5.13. The van der Waals surface area contributed by atoms with Gasteiger partial charge in [0.1, 0.15) is 5.58 Å². The van der Waals surface area contributed by atoms with Gasteiger partial charge in [-0.3, -0.25) is 0 Å². The quantitative estimate of drug-likeness (QED) is 0.592. The molecule has 2 heterocycles. The highest BCUT2D eigenvalue weighted by Gasteiger charge is 2.10. The molecule has 1 aromatic carbocycles. The first-order valence-electron chi connectivity index (χ1n) is 6.86. The lowest BCUT2D eigenvalue weighted by Crippen LogP contribution is -2.01. The van der Waals surface area contributed by atoms with Gasteiger partial charge in [-0.25, -0.2) is 9.78 Å². The van der Waals surface area contributed by atoms with Crippen molar-refractivity contribution in [2.24, 2.45) is 7.05 Å². The van der Waals surface area contributed by atoms with Crippen LogP contribution in [0.5, 0.6) is 0 Å². The van der Waals surface area contributed by atoms with Crippen LogP contribution >= 0.6 is 11.8 Å². The van der Waals surface area contributed by atoms with E-state index in [0.717, 1.165) is 27.4 Å². The van der Waals surface area contributed by atoms with Gasteiger partial charge in [-0.15, -0.1) is 0 Å². The van der Waals surface area contributed by atoms with Crippen LogP contribution in [0.2, 0.25) is 0 Å². The number of benzene rings is 1. The van der Waals surface area contributed by atoms with Gasteiger partial charge in [-0.2, -0.15) is 0 Å². The summed E-state index contributed by atoms with van der Waals surface area (Å²) in [4.78, 5) is 16.0. The van der Waals surface area contributed by atoms with Crippen molar-refractivity contribution in [3.05, 3.63) is 57.7 Å². The van der Waals surface area contributed by atoms with Crippen LogP contribution in [0.25, 0.3) is 11.0 Å². The van der Waals surface area contributed by atoms with E-state index in [9.17, 15) is 9.90 Å². The van der Waals surface area contributed by atoms with Gasteiger partial charge in [0.05, 0.1) is 18.5 Å². The summed E-state index contributed by atoms with van der Waals surface area (Å²) in [5.74, 6) is 0.612. The molecule has 22 heavy (non-hydrogen) atoms. The first-order chi connectivity index (χ1) is 10.6. The highest BCUT2D eigenvalue weighted by molar-refractivity contribution is 7.98. The summed E-state index contributed by atoms with van der Waals surface area (Å²) < 4.78 is 7.11.